The Morgan fingerprint density at radius 1 is 0.929 bits per heavy atom. The molecule has 1 heterocycles. The number of hydrogen-bond acceptors (Lipinski definition) is 2. The molecule has 1 saturated carbocycles. The van der Waals surface area contributed by atoms with Gasteiger partial charge in [-0.25, -0.2) is 0 Å². The van der Waals surface area contributed by atoms with Gasteiger partial charge in [-0.05, 0) is 12.8 Å². The molecular weight excluding hydrogens is 178 g/mol. The van der Waals surface area contributed by atoms with E-state index in [2.05, 4.69) is 0 Å². The van der Waals surface area contributed by atoms with Crippen molar-refractivity contribution < 1.29 is 9.59 Å². The molecule has 0 aromatic carbocycles. The van der Waals surface area contributed by atoms with Crippen molar-refractivity contribution in [2.75, 3.05) is 7.05 Å². The second kappa shape index (κ2) is 3.71. The van der Waals surface area contributed by atoms with Crippen LogP contribution in [0.2, 0.25) is 0 Å². The van der Waals surface area contributed by atoms with Gasteiger partial charge in [0.15, 0.2) is 0 Å². The smallest absolute Gasteiger partial charge is 0.232 e. The lowest BCUT2D eigenvalue weighted by Crippen LogP contribution is -2.26. The van der Waals surface area contributed by atoms with Gasteiger partial charge in [0.05, 0.1) is 11.8 Å². The molecule has 1 aliphatic carbocycles. The summed E-state index contributed by atoms with van der Waals surface area (Å²) >= 11 is 0. The number of carbonyl (C=O) groups excluding carboxylic acids is 2. The first-order chi connectivity index (χ1) is 6.72. The van der Waals surface area contributed by atoms with Crippen LogP contribution >= 0.6 is 0 Å². The first kappa shape index (κ1) is 9.69. The van der Waals surface area contributed by atoms with E-state index in [1.165, 1.54) is 17.7 Å². The molecule has 2 amide bonds. The summed E-state index contributed by atoms with van der Waals surface area (Å²) in [4.78, 5) is 24.8. The fourth-order valence-corrected chi connectivity index (χ4v) is 2.68. The summed E-state index contributed by atoms with van der Waals surface area (Å²) in [6, 6.07) is 0. The maximum absolute atomic E-state index is 11.7. The minimum Gasteiger partial charge on any atom is -0.285 e. The Hall–Kier alpha value is -0.860. The normalized spacial score (nSPS) is 33.9. The standard InChI is InChI=1S/C11H17NO2/c1-12-10(13)8-6-4-2-3-5-7-9(8)11(12)14/h8-9H,2-7H2,1H3/t8-,9+. The third-order valence-corrected chi connectivity index (χ3v) is 3.56. The number of hydrogen-bond donors (Lipinski definition) is 0. The zero-order chi connectivity index (χ0) is 10.1. The molecule has 2 rings (SSSR count). The fraction of sp³-hybridized carbons (Fsp3) is 0.818. The topological polar surface area (TPSA) is 37.4 Å². The molecular formula is C11H17NO2. The van der Waals surface area contributed by atoms with Crippen LogP contribution in [0.25, 0.3) is 0 Å². The molecule has 0 bridgehead atoms. The Bertz CT molecular complexity index is 236. The predicted molar refractivity (Wildman–Crippen MR) is 52.5 cm³/mol. The highest BCUT2D eigenvalue weighted by molar-refractivity contribution is 6.04. The van der Waals surface area contributed by atoms with E-state index >= 15 is 0 Å². The van der Waals surface area contributed by atoms with Gasteiger partial charge in [-0.15, -0.1) is 0 Å². The highest BCUT2D eigenvalue weighted by atomic mass is 16.2. The van der Waals surface area contributed by atoms with Crippen molar-refractivity contribution in [2.24, 2.45) is 11.8 Å². The summed E-state index contributed by atoms with van der Waals surface area (Å²) < 4.78 is 0. The lowest BCUT2D eigenvalue weighted by molar-refractivity contribution is -0.138. The Morgan fingerprint density at radius 3 is 1.79 bits per heavy atom. The molecule has 3 nitrogen and oxygen atoms in total. The SMILES string of the molecule is CN1C(=O)[C@H]2CCCCCC[C@H]2C1=O. The predicted octanol–water partition coefficient (Wildman–Crippen LogP) is 1.57. The Morgan fingerprint density at radius 2 is 1.36 bits per heavy atom. The second-order valence-corrected chi connectivity index (χ2v) is 4.44. The number of rotatable bonds is 0. The van der Waals surface area contributed by atoms with Crippen molar-refractivity contribution in [2.45, 2.75) is 38.5 Å². The first-order valence-electron chi connectivity index (χ1n) is 5.53. The van der Waals surface area contributed by atoms with E-state index in [1.54, 1.807) is 7.05 Å². The van der Waals surface area contributed by atoms with E-state index in [4.69, 9.17) is 0 Å². The molecule has 0 N–H and O–H groups in total. The zero-order valence-electron chi connectivity index (χ0n) is 8.66. The average molecular weight is 195 g/mol. The zero-order valence-corrected chi connectivity index (χ0v) is 8.66. The molecule has 1 saturated heterocycles. The molecule has 0 spiro atoms. The molecule has 1 aliphatic heterocycles. The van der Waals surface area contributed by atoms with Crippen molar-refractivity contribution in [3.63, 3.8) is 0 Å². The van der Waals surface area contributed by atoms with E-state index in [9.17, 15) is 9.59 Å². The van der Waals surface area contributed by atoms with Gasteiger partial charge in [0.1, 0.15) is 0 Å². The van der Waals surface area contributed by atoms with Crippen molar-refractivity contribution >= 4 is 11.8 Å². The molecule has 2 atom stereocenters. The number of amides is 2. The molecule has 78 valence electrons. The third-order valence-electron chi connectivity index (χ3n) is 3.56. The number of fused-ring (bicyclic) bond motifs is 1. The summed E-state index contributed by atoms with van der Waals surface area (Å²) in [6.07, 6.45) is 6.48. The van der Waals surface area contributed by atoms with Crippen molar-refractivity contribution in [3.05, 3.63) is 0 Å². The van der Waals surface area contributed by atoms with Gasteiger partial charge in [0.2, 0.25) is 11.8 Å². The third kappa shape index (κ3) is 1.45. The number of likely N-dealkylation sites (tertiary alicyclic amines) is 1. The number of carbonyl (C=O) groups is 2. The summed E-state index contributed by atoms with van der Waals surface area (Å²) in [7, 11) is 1.62. The average Bonchev–Trinajstić information content (AvgIpc) is 2.31. The summed E-state index contributed by atoms with van der Waals surface area (Å²) in [5.74, 6) is 0.129. The minimum absolute atomic E-state index is 0.00722. The number of nitrogens with zero attached hydrogens (tertiary/aromatic N) is 1. The van der Waals surface area contributed by atoms with Crippen molar-refractivity contribution in [1.82, 2.24) is 4.90 Å². The van der Waals surface area contributed by atoms with E-state index in [0.717, 1.165) is 25.7 Å². The van der Waals surface area contributed by atoms with Crippen LogP contribution in [0.4, 0.5) is 0 Å². The van der Waals surface area contributed by atoms with Crippen LogP contribution in [-0.4, -0.2) is 23.8 Å². The number of imide groups is 1. The van der Waals surface area contributed by atoms with E-state index < -0.39 is 0 Å². The van der Waals surface area contributed by atoms with Crippen molar-refractivity contribution in [1.29, 1.82) is 0 Å². The molecule has 3 heteroatoms. The van der Waals surface area contributed by atoms with Crippen LogP contribution in [0.5, 0.6) is 0 Å². The van der Waals surface area contributed by atoms with E-state index in [0.29, 0.717) is 0 Å². The largest absolute Gasteiger partial charge is 0.285 e. The van der Waals surface area contributed by atoms with Gasteiger partial charge in [0, 0.05) is 7.05 Å². The molecule has 14 heavy (non-hydrogen) atoms. The van der Waals surface area contributed by atoms with Crippen LogP contribution in [0.15, 0.2) is 0 Å². The van der Waals surface area contributed by atoms with Crippen molar-refractivity contribution in [3.8, 4) is 0 Å². The van der Waals surface area contributed by atoms with Crippen LogP contribution in [0.3, 0.4) is 0 Å². The summed E-state index contributed by atoms with van der Waals surface area (Å²) in [6.45, 7) is 0. The second-order valence-electron chi connectivity index (χ2n) is 4.44. The lowest BCUT2D eigenvalue weighted by Gasteiger charge is -2.17. The van der Waals surface area contributed by atoms with Gasteiger partial charge < -0.3 is 0 Å². The molecule has 0 aromatic rings. The lowest BCUT2D eigenvalue weighted by atomic mass is 9.83. The highest BCUT2D eigenvalue weighted by Crippen LogP contribution is 2.35. The van der Waals surface area contributed by atoms with Gasteiger partial charge in [-0.3, -0.25) is 14.5 Å². The Balaban J connectivity index is 2.17. The molecule has 0 radical (unpaired) electrons. The minimum atomic E-state index is 0.00722. The van der Waals surface area contributed by atoms with E-state index in [1.807, 2.05) is 0 Å². The molecule has 2 aliphatic rings. The fourth-order valence-electron chi connectivity index (χ4n) is 2.68. The van der Waals surface area contributed by atoms with Gasteiger partial charge >= 0.3 is 0 Å². The summed E-state index contributed by atoms with van der Waals surface area (Å²) in [5, 5.41) is 0. The van der Waals surface area contributed by atoms with Gasteiger partial charge in [0.25, 0.3) is 0 Å². The first-order valence-corrected chi connectivity index (χ1v) is 5.53. The van der Waals surface area contributed by atoms with Crippen LogP contribution < -0.4 is 0 Å². The van der Waals surface area contributed by atoms with Gasteiger partial charge in [-0.1, -0.05) is 25.7 Å². The Labute approximate surface area is 84.5 Å². The quantitative estimate of drug-likeness (QED) is 0.550. The molecule has 2 fully saturated rings. The van der Waals surface area contributed by atoms with E-state index in [-0.39, 0.29) is 23.7 Å². The van der Waals surface area contributed by atoms with Crippen LogP contribution in [0.1, 0.15) is 38.5 Å². The monoisotopic (exact) mass is 195 g/mol. The highest BCUT2D eigenvalue weighted by Gasteiger charge is 2.44. The van der Waals surface area contributed by atoms with Crippen LogP contribution in [0, 0.1) is 11.8 Å². The maximum atomic E-state index is 11.7. The Kier molecular flexibility index (Phi) is 2.57. The molecule has 0 unspecified atom stereocenters. The maximum Gasteiger partial charge on any atom is 0.232 e. The van der Waals surface area contributed by atoms with Gasteiger partial charge in [-0.2, -0.15) is 0 Å². The summed E-state index contributed by atoms with van der Waals surface area (Å²) in [5.41, 5.74) is 0. The van der Waals surface area contributed by atoms with Crippen LogP contribution in [-0.2, 0) is 9.59 Å². The molecule has 0 aromatic heterocycles.